The lowest BCUT2D eigenvalue weighted by Gasteiger charge is -2.45. The Morgan fingerprint density at radius 3 is 1.97 bits per heavy atom. The Morgan fingerprint density at radius 1 is 0.733 bits per heavy atom. The minimum Gasteiger partial charge on any atom is -0.207 e. The quantitative estimate of drug-likeness (QED) is 0.406. The van der Waals surface area contributed by atoms with Crippen molar-refractivity contribution < 1.29 is 8.78 Å². The summed E-state index contributed by atoms with van der Waals surface area (Å²) in [6.45, 7) is 3.84. The number of hydrogen-bond donors (Lipinski definition) is 0. The van der Waals surface area contributed by atoms with Crippen LogP contribution in [-0.2, 0) is 0 Å². The molecule has 3 aliphatic rings. The minimum atomic E-state index is -0.374. The molecule has 2 heteroatoms. The Hall–Kier alpha value is -0.920. The highest BCUT2D eigenvalue weighted by molar-refractivity contribution is 5.28. The second-order valence-corrected chi connectivity index (χ2v) is 11.0. The molecule has 0 bridgehead atoms. The topological polar surface area (TPSA) is 0 Å². The van der Waals surface area contributed by atoms with Crippen molar-refractivity contribution in [2.75, 3.05) is 0 Å². The first kappa shape index (κ1) is 22.3. The van der Waals surface area contributed by atoms with Gasteiger partial charge in [0, 0.05) is 5.56 Å². The van der Waals surface area contributed by atoms with Crippen molar-refractivity contribution in [3.8, 4) is 0 Å². The van der Waals surface area contributed by atoms with E-state index in [1.165, 1.54) is 84.0 Å². The van der Waals surface area contributed by atoms with Gasteiger partial charge in [0.1, 0.15) is 11.6 Å². The molecule has 0 heterocycles. The van der Waals surface area contributed by atoms with Crippen LogP contribution >= 0.6 is 0 Å². The third-order valence-corrected chi connectivity index (χ3v) is 9.20. The van der Waals surface area contributed by atoms with Gasteiger partial charge in [0.05, 0.1) is 0 Å². The normalized spacial score (nSPS) is 34.5. The zero-order valence-corrected chi connectivity index (χ0v) is 19.3. The van der Waals surface area contributed by atoms with Crippen LogP contribution in [0, 0.1) is 48.1 Å². The Labute approximate surface area is 183 Å². The van der Waals surface area contributed by atoms with Gasteiger partial charge < -0.3 is 0 Å². The zero-order chi connectivity index (χ0) is 21.1. The number of fused-ring (bicyclic) bond motifs is 1. The first-order valence-corrected chi connectivity index (χ1v) is 13.0. The lowest BCUT2D eigenvalue weighted by atomic mass is 9.60. The molecule has 4 rings (SSSR count). The fourth-order valence-electron chi connectivity index (χ4n) is 7.19. The SMILES string of the molecule is CCCCCC1CCC(C2CCC3CC(c4cc(F)c(C)c(F)c4)CCC3C2)CC1. The van der Waals surface area contributed by atoms with E-state index in [0.29, 0.717) is 5.92 Å². The Bertz CT molecular complexity index is 665. The van der Waals surface area contributed by atoms with Crippen molar-refractivity contribution in [3.05, 3.63) is 34.9 Å². The van der Waals surface area contributed by atoms with Gasteiger partial charge in [0.15, 0.2) is 0 Å². The standard InChI is InChI=1S/C28H42F2/c1-3-4-5-6-20-7-9-21(10-8-20)22-11-12-24-16-25(14-13-23(24)15-22)26-17-27(29)19(2)28(30)18-26/h17-18,20-25H,3-16H2,1-2H3. The first-order chi connectivity index (χ1) is 14.5. The van der Waals surface area contributed by atoms with Crippen LogP contribution in [0.15, 0.2) is 12.1 Å². The summed E-state index contributed by atoms with van der Waals surface area (Å²) in [5.41, 5.74) is 1.06. The van der Waals surface area contributed by atoms with Crippen LogP contribution in [0.1, 0.15) is 114 Å². The molecule has 0 nitrogen and oxygen atoms in total. The molecule has 0 N–H and O–H groups in total. The van der Waals surface area contributed by atoms with Crippen LogP contribution in [0.2, 0.25) is 0 Å². The average Bonchev–Trinajstić information content (AvgIpc) is 2.77. The molecule has 0 aliphatic heterocycles. The maximum Gasteiger partial charge on any atom is 0.129 e. The van der Waals surface area contributed by atoms with Crippen molar-refractivity contribution >= 4 is 0 Å². The van der Waals surface area contributed by atoms with Gasteiger partial charge in [-0.05, 0) is 111 Å². The molecule has 0 aromatic heterocycles. The lowest BCUT2D eigenvalue weighted by Crippen LogP contribution is -2.34. The Kier molecular flexibility index (Phi) is 7.53. The summed E-state index contributed by atoms with van der Waals surface area (Å²) in [7, 11) is 0. The molecule has 0 radical (unpaired) electrons. The van der Waals surface area contributed by atoms with Crippen molar-refractivity contribution in [2.45, 2.75) is 110 Å². The predicted octanol–water partition coefficient (Wildman–Crippen LogP) is 8.96. The lowest BCUT2D eigenvalue weighted by molar-refractivity contribution is 0.0709. The second-order valence-electron chi connectivity index (χ2n) is 11.0. The molecule has 4 atom stereocenters. The van der Waals surface area contributed by atoms with E-state index in [-0.39, 0.29) is 17.2 Å². The number of rotatable bonds is 6. The van der Waals surface area contributed by atoms with E-state index in [1.807, 2.05) is 0 Å². The number of benzene rings is 1. The monoisotopic (exact) mass is 416 g/mol. The van der Waals surface area contributed by atoms with E-state index < -0.39 is 0 Å². The van der Waals surface area contributed by atoms with Gasteiger partial charge in [-0.3, -0.25) is 0 Å². The van der Waals surface area contributed by atoms with Crippen molar-refractivity contribution in [1.29, 1.82) is 0 Å². The van der Waals surface area contributed by atoms with Crippen LogP contribution < -0.4 is 0 Å². The number of unbranched alkanes of at least 4 members (excludes halogenated alkanes) is 2. The fraction of sp³-hybridized carbons (Fsp3) is 0.786. The maximum atomic E-state index is 14.1. The van der Waals surface area contributed by atoms with E-state index in [0.717, 1.165) is 48.0 Å². The van der Waals surface area contributed by atoms with Gasteiger partial charge in [0.2, 0.25) is 0 Å². The molecule has 3 fully saturated rings. The third-order valence-electron chi connectivity index (χ3n) is 9.20. The summed E-state index contributed by atoms with van der Waals surface area (Å²) in [6, 6.07) is 3.21. The largest absolute Gasteiger partial charge is 0.207 e. The molecule has 168 valence electrons. The summed E-state index contributed by atoms with van der Waals surface area (Å²) in [4.78, 5) is 0. The summed E-state index contributed by atoms with van der Waals surface area (Å²) in [5.74, 6) is 4.18. The van der Waals surface area contributed by atoms with Gasteiger partial charge in [-0.1, -0.05) is 45.4 Å². The average molecular weight is 417 g/mol. The summed E-state index contributed by atoms with van der Waals surface area (Å²) in [6.07, 6.45) is 19.3. The maximum absolute atomic E-state index is 14.1. The van der Waals surface area contributed by atoms with Crippen LogP contribution in [0.3, 0.4) is 0 Å². The molecule has 1 aromatic rings. The molecular weight excluding hydrogens is 374 g/mol. The molecule has 30 heavy (non-hydrogen) atoms. The van der Waals surface area contributed by atoms with E-state index >= 15 is 0 Å². The van der Waals surface area contributed by atoms with E-state index in [2.05, 4.69) is 6.92 Å². The van der Waals surface area contributed by atoms with Crippen molar-refractivity contribution in [1.82, 2.24) is 0 Å². The summed E-state index contributed by atoms with van der Waals surface area (Å²) < 4.78 is 28.1. The van der Waals surface area contributed by atoms with Gasteiger partial charge in [-0.25, -0.2) is 8.78 Å². The predicted molar refractivity (Wildman–Crippen MR) is 122 cm³/mol. The molecular formula is C28H42F2. The van der Waals surface area contributed by atoms with Gasteiger partial charge in [-0.15, -0.1) is 0 Å². The zero-order valence-electron chi connectivity index (χ0n) is 19.3. The summed E-state index contributed by atoms with van der Waals surface area (Å²) in [5, 5.41) is 0. The van der Waals surface area contributed by atoms with Gasteiger partial charge >= 0.3 is 0 Å². The molecule has 1 aromatic carbocycles. The molecule has 4 unspecified atom stereocenters. The van der Waals surface area contributed by atoms with Crippen LogP contribution in [0.4, 0.5) is 8.78 Å². The molecule has 0 amide bonds. The Balaban J connectivity index is 1.27. The second kappa shape index (κ2) is 10.1. The van der Waals surface area contributed by atoms with Crippen molar-refractivity contribution in [2.24, 2.45) is 29.6 Å². The van der Waals surface area contributed by atoms with E-state index in [4.69, 9.17) is 0 Å². The molecule has 0 saturated heterocycles. The number of halogens is 2. The van der Waals surface area contributed by atoms with Crippen LogP contribution in [0.5, 0.6) is 0 Å². The van der Waals surface area contributed by atoms with Crippen LogP contribution in [0.25, 0.3) is 0 Å². The summed E-state index contributed by atoms with van der Waals surface area (Å²) >= 11 is 0. The highest BCUT2D eigenvalue weighted by atomic mass is 19.1. The smallest absolute Gasteiger partial charge is 0.129 e. The van der Waals surface area contributed by atoms with Crippen LogP contribution in [-0.4, -0.2) is 0 Å². The molecule has 0 spiro atoms. The van der Waals surface area contributed by atoms with E-state index in [9.17, 15) is 8.78 Å². The minimum absolute atomic E-state index is 0.160. The molecule has 3 saturated carbocycles. The molecule has 3 aliphatic carbocycles. The van der Waals surface area contributed by atoms with Gasteiger partial charge in [0.25, 0.3) is 0 Å². The third kappa shape index (κ3) is 5.10. The fourth-order valence-corrected chi connectivity index (χ4v) is 7.19. The first-order valence-electron chi connectivity index (χ1n) is 13.0. The Morgan fingerprint density at radius 2 is 1.30 bits per heavy atom. The van der Waals surface area contributed by atoms with E-state index in [1.54, 1.807) is 12.1 Å². The highest BCUT2D eigenvalue weighted by Crippen LogP contribution is 2.51. The van der Waals surface area contributed by atoms with Gasteiger partial charge in [-0.2, -0.15) is 0 Å². The van der Waals surface area contributed by atoms with Crippen molar-refractivity contribution in [3.63, 3.8) is 0 Å². The highest BCUT2D eigenvalue weighted by Gasteiger charge is 2.39. The number of hydrogen-bond acceptors (Lipinski definition) is 0.